The van der Waals surface area contributed by atoms with Gasteiger partial charge in [-0.05, 0) is 30.2 Å². The summed E-state index contributed by atoms with van der Waals surface area (Å²) in [6.07, 6.45) is 0.0638. The van der Waals surface area contributed by atoms with Gasteiger partial charge in [-0.25, -0.2) is 0 Å². The summed E-state index contributed by atoms with van der Waals surface area (Å²) >= 11 is 0. The number of nitrogens with one attached hydrogen (secondary N) is 1. The molecule has 0 fully saturated rings. The molecule has 0 saturated carbocycles. The molecule has 3 heteroatoms. The summed E-state index contributed by atoms with van der Waals surface area (Å²) in [5.41, 5.74) is 2.63. The van der Waals surface area contributed by atoms with Crippen LogP contribution in [0, 0.1) is 6.92 Å². The minimum Gasteiger partial charge on any atom is -0.486 e. The number of hydrogen-bond donors (Lipinski definition) is 1. The van der Waals surface area contributed by atoms with E-state index in [1.165, 1.54) is 11.1 Å². The Morgan fingerprint density at radius 2 is 1.80 bits per heavy atom. The molecule has 2 aromatic carbocycles. The summed E-state index contributed by atoms with van der Waals surface area (Å²) in [4.78, 5) is 0. The third-order valence-electron chi connectivity index (χ3n) is 3.52. The second-order valence-corrected chi connectivity index (χ2v) is 5.05. The SMILES string of the molecule is Cc1ccccc1CNCC1COc2ccccc2O1. The predicted octanol–water partition coefficient (Wildman–Crippen LogP) is 2.92. The van der Waals surface area contributed by atoms with Gasteiger partial charge in [0.25, 0.3) is 0 Å². The van der Waals surface area contributed by atoms with Crippen LogP contribution in [0.2, 0.25) is 0 Å². The van der Waals surface area contributed by atoms with Gasteiger partial charge in [0.05, 0.1) is 0 Å². The first-order valence-electron chi connectivity index (χ1n) is 6.96. The summed E-state index contributed by atoms with van der Waals surface area (Å²) < 4.78 is 11.6. The van der Waals surface area contributed by atoms with Gasteiger partial charge in [0, 0.05) is 13.1 Å². The lowest BCUT2D eigenvalue weighted by atomic mass is 10.1. The molecule has 1 aliphatic heterocycles. The van der Waals surface area contributed by atoms with Crippen LogP contribution in [0.25, 0.3) is 0 Å². The molecular weight excluding hydrogens is 250 g/mol. The van der Waals surface area contributed by atoms with Crippen molar-refractivity contribution in [3.05, 3.63) is 59.7 Å². The van der Waals surface area contributed by atoms with E-state index < -0.39 is 0 Å². The van der Waals surface area contributed by atoms with Gasteiger partial charge in [-0.1, -0.05) is 36.4 Å². The highest BCUT2D eigenvalue weighted by Gasteiger charge is 2.19. The van der Waals surface area contributed by atoms with Crippen LogP contribution in [0.15, 0.2) is 48.5 Å². The molecule has 20 heavy (non-hydrogen) atoms. The highest BCUT2D eigenvalue weighted by atomic mass is 16.6. The topological polar surface area (TPSA) is 30.5 Å². The maximum absolute atomic E-state index is 5.91. The number of hydrogen-bond acceptors (Lipinski definition) is 3. The molecule has 1 aliphatic rings. The Hall–Kier alpha value is -2.00. The van der Waals surface area contributed by atoms with E-state index in [0.717, 1.165) is 24.6 Å². The van der Waals surface area contributed by atoms with Gasteiger partial charge in [-0.15, -0.1) is 0 Å². The fraction of sp³-hybridized carbons (Fsp3) is 0.294. The molecule has 0 radical (unpaired) electrons. The molecule has 1 N–H and O–H groups in total. The van der Waals surface area contributed by atoms with Gasteiger partial charge in [0.15, 0.2) is 11.5 Å². The van der Waals surface area contributed by atoms with Gasteiger partial charge in [-0.2, -0.15) is 0 Å². The minimum absolute atomic E-state index is 0.0638. The van der Waals surface area contributed by atoms with Crippen molar-refractivity contribution >= 4 is 0 Å². The Kier molecular flexibility index (Phi) is 3.88. The average molecular weight is 269 g/mol. The van der Waals surface area contributed by atoms with Crippen molar-refractivity contribution in [1.29, 1.82) is 0 Å². The summed E-state index contributed by atoms with van der Waals surface area (Å²) in [7, 11) is 0. The number of ether oxygens (including phenoxy) is 2. The molecule has 0 saturated heterocycles. The third-order valence-corrected chi connectivity index (χ3v) is 3.52. The van der Waals surface area contributed by atoms with Gasteiger partial charge < -0.3 is 14.8 Å². The minimum atomic E-state index is 0.0638. The first-order valence-corrected chi connectivity index (χ1v) is 6.96. The van der Waals surface area contributed by atoms with Gasteiger partial charge in [0.2, 0.25) is 0 Å². The van der Waals surface area contributed by atoms with Gasteiger partial charge in [0.1, 0.15) is 12.7 Å². The molecule has 0 spiro atoms. The van der Waals surface area contributed by atoms with E-state index in [9.17, 15) is 0 Å². The molecule has 104 valence electrons. The van der Waals surface area contributed by atoms with Gasteiger partial charge >= 0.3 is 0 Å². The number of para-hydroxylation sites is 2. The number of benzene rings is 2. The van der Waals surface area contributed by atoms with Crippen LogP contribution in [-0.2, 0) is 6.54 Å². The van der Waals surface area contributed by atoms with Crippen molar-refractivity contribution in [1.82, 2.24) is 5.32 Å². The molecule has 1 atom stereocenters. The zero-order chi connectivity index (χ0) is 13.8. The second-order valence-electron chi connectivity index (χ2n) is 5.05. The molecule has 0 aromatic heterocycles. The molecule has 0 amide bonds. The van der Waals surface area contributed by atoms with Crippen LogP contribution in [0.3, 0.4) is 0 Å². The molecular formula is C17H19NO2. The van der Waals surface area contributed by atoms with Crippen LogP contribution in [0.4, 0.5) is 0 Å². The molecule has 3 rings (SSSR count). The van der Waals surface area contributed by atoms with Crippen molar-refractivity contribution in [3.63, 3.8) is 0 Å². The molecule has 1 unspecified atom stereocenters. The van der Waals surface area contributed by atoms with Crippen molar-refractivity contribution in [2.75, 3.05) is 13.2 Å². The zero-order valence-electron chi connectivity index (χ0n) is 11.6. The van der Waals surface area contributed by atoms with Crippen LogP contribution >= 0.6 is 0 Å². The van der Waals surface area contributed by atoms with Crippen molar-refractivity contribution in [2.24, 2.45) is 0 Å². The van der Waals surface area contributed by atoms with Crippen molar-refractivity contribution in [2.45, 2.75) is 19.6 Å². The van der Waals surface area contributed by atoms with Crippen LogP contribution in [0.1, 0.15) is 11.1 Å². The summed E-state index contributed by atoms with van der Waals surface area (Å²) in [6, 6.07) is 16.2. The number of aryl methyl sites for hydroxylation is 1. The first kappa shape index (κ1) is 13.0. The average Bonchev–Trinajstić information content (AvgIpc) is 2.49. The maximum Gasteiger partial charge on any atom is 0.161 e. The fourth-order valence-electron chi connectivity index (χ4n) is 2.34. The highest BCUT2D eigenvalue weighted by molar-refractivity contribution is 5.40. The normalized spacial score (nSPS) is 16.9. The molecule has 2 aromatic rings. The maximum atomic E-state index is 5.91. The Balaban J connectivity index is 1.52. The Bertz CT molecular complexity index is 583. The summed E-state index contributed by atoms with van der Waals surface area (Å²) in [5.74, 6) is 1.67. The van der Waals surface area contributed by atoms with E-state index in [0.29, 0.717) is 6.61 Å². The van der Waals surface area contributed by atoms with Crippen LogP contribution in [0.5, 0.6) is 11.5 Å². The van der Waals surface area contributed by atoms with E-state index in [1.54, 1.807) is 0 Å². The van der Waals surface area contributed by atoms with Crippen LogP contribution < -0.4 is 14.8 Å². The lowest BCUT2D eigenvalue weighted by Crippen LogP contribution is -2.38. The standard InChI is InChI=1S/C17H19NO2/c1-13-6-2-3-7-14(13)10-18-11-15-12-19-16-8-4-5-9-17(16)20-15/h2-9,15,18H,10-12H2,1H3. The van der Waals surface area contributed by atoms with Gasteiger partial charge in [-0.3, -0.25) is 0 Å². The molecule has 3 nitrogen and oxygen atoms in total. The monoisotopic (exact) mass is 269 g/mol. The largest absolute Gasteiger partial charge is 0.486 e. The number of rotatable bonds is 4. The van der Waals surface area contributed by atoms with E-state index in [4.69, 9.17) is 9.47 Å². The van der Waals surface area contributed by atoms with Crippen molar-refractivity contribution in [3.8, 4) is 11.5 Å². The molecule has 0 bridgehead atoms. The second kappa shape index (κ2) is 5.97. The molecule has 1 heterocycles. The Morgan fingerprint density at radius 1 is 1.05 bits per heavy atom. The van der Waals surface area contributed by atoms with Crippen LogP contribution in [-0.4, -0.2) is 19.3 Å². The first-order chi connectivity index (χ1) is 9.83. The lowest BCUT2D eigenvalue weighted by molar-refractivity contribution is 0.0902. The zero-order valence-corrected chi connectivity index (χ0v) is 11.6. The Labute approximate surface area is 119 Å². The molecule has 0 aliphatic carbocycles. The lowest BCUT2D eigenvalue weighted by Gasteiger charge is -2.26. The van der Waals surface area contributed by atoms with E-state index in [-0.39, 0.29) is 6.10 Å². The summed E-state index contributed by atoms with van der Waals surface area (Å²) in [6.45, 7) is 4.36. The highest BCUT2D eigenvalue weighted by Crippen LogP contribution is 2.30. The third kappa shape index (κ3) is 2.94. The van der Waals surface area contributed by atoms with Crippen molar-refractivity contribution < 1.29 is 9.47 Å². The van der Waals surface area contributed by atoms with E-state index in [2.05, 4.69) is 36.5 Å². The van der Waals surface area contributed by atoms with E-state index >= 15 is 0 Å². The predicted molar refractivity (Wildman–Crippen MR) is 79.2 cm³/mol. The Morgan fingerprint density at radius 3 is 2.65 bits per heavy atom. The quantitative estimate of drug-likeness (QED) is 0.925. The smallest absolute Gasteiger partial charge is 0.161 e. The van der Waals surface area contributed by atoms with E-state index in [1.807, 2.05) is 24.3 Å². The fourth-order valence-corrected chi connectivity index (χ4v) is 2.34. The summed E-state index contributed by atoms with van der Waals surface area (Å²) in [5, 5.41) is 3.44. The number of fused-ring (bicyclic) bond motifs is 1.